The summed E-state index contributed by atoms with van der Waals surface area (Å²) in [6.07, 6.45) is 0. The average Bonchev–Trinajstić information content (AvgIpc) is 2.81. The normalized spacial score (nSPS) is 12.4. The molecule has 0 amide bonds. The average molecular weight is 456 g/mol. The lowest BCUT2D eigenvalue weighted by molar-refractivity contribution is 1.06. The number of hydrogen-bond donors (Lipinski definition) is 0. The van der Waals surface area contributed by atoms with E-state index in [4.69, 9.17) is 11.6 Å². The highest BCUT2D eigenvalue weighted by molar-refractivity contribution is 8.05. The van der Waals surface area contributed by atoms with E-state index < -0.39 is 0 Å². The van der Waals surface area contributed by atoms with Crippen LogP contribution in [0, 0.1) is 0 Å². The van der Waals surface area contributed by atoms with Crippen LogP contribution < -0.4 is 0 Å². The fourth-order valence-corrected chi connectivity index (χ4v) is 6.08. The van der Waals surface area contributed by atoms with Gasteiger partial charge >= 0.3 is 0 Å². The van der Waals surface area contributed by atoms with E-state index in [2.05, 4.69) is 69.5 Å². The van der Waals surface area contributed by atoms with E-state index in [-0.39, 0.29) is 5.28 Å². The fourth-order valence-electron chi connectivity index (χ4n) is 3.60. The van der Waals surface area contributed by atoms with E-state index in [0.717, 1.165) is 11.1 Å². The van der Waals surface area contributed by atoms with Crippen LogP contribution in [0.4, 0.5) is 0 Å². The first-order chi connectivity index (χ1) is 15.2. The molecule has 0 saturated carbocycles. The van der Waals surface area contributed by atoms with Crippen molar-refractivity contribution in [3.8, 4) is 22.8 Å². The molecule has 1 aromatic heterocycles. The summed E-state index contributed by atoms with van der Waals surface area (Å²) in [5, 5.41) is 2.72. The standard InChI is InChI=1S/C25H14ClN3S2/c26-25-28-23(15-6-2-1-3-7-15)27-24(29-25)18-10-11-19-20(14-18)31-22-13-17-9-5-4-8-16(17)12-21(22)30-19/h1-14H. The minimum atomic E-state index is 0.195. The summed E-state index contributed by atoms with van der Waals surface area (Å²) in [7, 11) is 0. The van der Waals surface area contributed by atoms with Crippen molar-refractivity contribution in [2.45, 2.75) is 19.6 Å². The predicted molar refractivity (Wildman–Crippen MR) is 128 cm³/mol. The van der Waals surface area contributed by atoms with Gasteiger partial charge in [-0.3, -0.25) is 0 Å². The molecule has 0 spiro atoms. The van der Waals surface area contributed by atoms with E-state index in [9.17, 15) is 0 Å². The highest BCUT2D eigenvalue weighted by atomic mass is 35.5. The zero-order chi connectivity index (χ0) is 20.8. The molecule has 0 unspecified atom stereocenters. The third-order valence-corrected chi connectivity index (χ3v) is 7.77. The molecule has 0 bridgehead atoms. The summed E-state index contributed by atoms with van der Waals surface area (Å²) in [6.45, 7) is 0. The minimum absolute atomic E-state index is 0.195. The van der Waals surface area contributed by atoms with Crippen LogP contribution in [0.5, 0.6) is 0 Å². The van der Waals surface area contributed by atoms with Gasteiger partial charge in [0.2, 0.25) is 5.28 Å². The molecule has 6 heteroatoms. The molecule has 1 aliphatic heterocycles. The first-order valence-electron chi connectivity index (χ1n) is 9.73. The van der Waals surface area contributed by atoms with E-state index in [1.807, 2.05) is 30.3 Å². The van der Waals surface area contributed by atoms with Crippen molar-refractivity contribution in [2.24, 2.45) is 0 Å². The second kappa shape index (κ2) is 7.68. The molecule has 0 atom stereocenters. The molecule has 0 N–H and O–H groups in total. The Bertz CT molecular complexity index is 1450. The SMILES string of the molecule is Clc1nc(-c2ccccc2)nc(-c2ccc3c(c2)Sc2cc4ccccc4cc2S3)n1. The predicted octanol–water partition coefficient (Wildman–Crippen LogP) is 7.63. The smallest absolute Gasteiger partial charge is 0.208 e. The zero-order valence-electron chi connectivity index (χ0n) is 16.1. The van der Waals surface area contributed by atoms with Gasteiger partial charge in [-0.1, -0.05) is 78.1 Å². The van der Waals surface area contributed by atoms with Crippen molar-refractivity contribution in [3.05, 3.63) is 90.2 Å². The third-order valence-electron chi connectivity index (χ3n) is 5.09. The molecule has 6 rings (SSSR count). The second-order valence-corrected chi connectivity index (χ2v) is 9.64. The molecule has 0 saturated heterocycles. The molecule has 2 heterocycles. The quantitative estimate of drug-likeness (QED) is 0.268. The second-order valence-electron chi connectivity index (χ2n) is 7.13. The van der Waals surface area contributed by atoms with Crippen molar-refractivity contribution in [3.63, 3.8) is 0 Å². The van der Waals surface area contributed by atoms with Gasteiger partial charge in [-0.2, -0.15) is 9.97 Å². The highest BCUT2D eigenvalue weighted by Crippen LogP contribution is 2.50. The van der Waals surface area contributed by atoms with Gasteiger partial charge < -0.3 is 0 Å². The van der Waals surface area contributed by atoms with Crippen molar-refractivity contribution in [1.29, 1.82) is 0 Å². The van der Waals surface area contributed by atoms with Crippen molar-refractivity contribution in [1.82, 2.24) is 15.0 Å². The van der Waals surface area contributed by atoms with Gasteiger partial charge in [0.05, 0.1) is 0 Å². The summed E-state index contributed by atoms with van der Waals surface area (Å²) in [6, 6.07) is 29.2. The third kappa shape index (κ3) is 3.59. The summed E-state index contributed by atoms with van der Waals surface area (Å²) >= 11 is 9.83. The molecular formula is C25H14ClN3S2. The van der Waals surface area contributed by atoms with Crippen molar-refractivity contribution in [2.75, 3.05) is 0 Å². The largest absolute Gasteiger partial charge is 0.226 e. The lowest BCUT2D eigenvalue weighted by atomic mass is 10.1. The molecule has 31 heavy (non-hydrogen) atoms. The van der Waals surface area contributed by atoms with E-state index in [0.29, 0.717) is 11.6 Å². The molecule has 0 radical (unpaired) electrons. The van der Waals surface area contributed by atoms with Gasteiger partial charge in [0, 0.05) is 30.7 Å². The summed E-state index contributed by atoms with van der Waals surface area (Å²) < 4.78 is 0. The van der Waals surface area contributed by atoms with Gasteiger partial charge in [-0.25, -0.2) is 4.98 Å². The number of nitrogens with zero attached hydrogens (tertiary/aromatic N) is 3. The summed E-state index contributed by atoms with van der Waals surface area (Å²) in [4.78, 5) is 18.4. The van der Waals surface area contributed by atoms with Gasteiger partial charge in [-0.15, -0.1) is 0 Å². The Kier molecular flexibility index (Phi) is 4.68. The topological polar surface area (TPSA) is 38.7 Å². The summed E-state index contributed by atoms with van der Waals surface area (Å²) in [5.74, 6) is 1.16. The van der Waals surface area contributed by atoms with Crippen LogP contribution in [0.15, 0.2) is 105 Å². The number of benzene rings is 4. The molecule has 3 nitrogen and oxygen atoms in total. The van der Waals surface area contributed by atoms with Crippen LogP contribution in [0.2, 0.25) is 5.28 Å². The maximum atomic E-state index is 6.24. The highest BCUT2D eigenvalue weighted by Gasteiger charge is 2.19. The van der Waals surface area contributed by atoms with Gasteiger partial charge in [0.25, 0.3) is 0 Å². The van der Waals surface area contributed by atoms with E-state index >= 15 is 0 Å². The number of hydrogen-bond acceptors (Lipinski definition) is 5. The lowest BCUT2D eigenvalue weighted by Crippen LogP contribution is -1.98. The Balaban J connectivity index is 1.40. The number of fused-ring (bicyclic) bond motifs is 3. The van der Waals surface area contributed by atoms with Crippen LogP contribution >= 0.6 is 35.1 Å². The zero-order valence-corrected chi connectivity index (χ0v) is 18.5. The van der Waals surface area contributed by atoms with E-state index in [1.54, 1.807) is 23.5 Å². The Morgan fingerprint density at radius 2 is 1.10 bits per heavy atom. The Morgan fingerprint density at radius 3 is 1.81 bits per heavy atom. The fraction of sp³-hybridized carbons (Fsp3) is 0. The molecule has 0 fully saturated rings. The first-order valence-corrected chi connectivity index (χ1v) is 11.7. The van der Waals surface area contributed by atoms with Gasteiger partial charge in [0.15, 0.2) is 11.6 Å². The molecule has 148 valence electrons. The minimum Gasteiger partial charge on any atom is -0.208 e. The number of halogens is 1. The van der Waals surface area contributed by atoms with Crippen LogP contribution in [-0.2, 0) is 0 Å². The number of rotatable bonds is 2. The van der Waals surface area contributed by atoms with Crippen molar-refractivity contribution >= 4 is 45.9 Å². The monoisotopic (exact) mass is 455 g/mol. The maximum Gasteiger partial charge on any atom is 0.226 e. The molecule has 0 aliphatic carbocycles. The van der Waals surface area contributed by atoms with Crippen LogP contribution in [0.1, 0.15) is 0 Å². The van der Waals surface area contributed by atoms with Crippen molar-refractivity contribution < 1.29 is 0 Å². The van der Waals surface area contributed by atoms with Crippen LogP contribution in [0.3, 0.4) is 0 Å². The first kappa shape index (κ1) is 18.9. The molecule has 5 aromatic rings. The van der Waals surface area contributed by atoms with Gasteiger partial charge in [-0.05, 0) is 52.7 Å². The van der Waals surface area contributed by atoms with Crippen LogP contribution in [0.25, 0.3) is 33.5 Å². The maximum absolute atomic E-state index is 6.24. The number of aromatic nitrogens is 3. The Hall–Kier alpha value is -2.86. The molecule has 4 aromatic carbocycles. The summed E-state index contributed by atoms with van der Waals surface area (Å²) in [5.41, 5.74) is 1.84. The van der Waals surface area contributed by atoms with Gasteiger partial charge in [0.1, 0.15) is 0 Å². The van der Waals surface area contributed by atoms with E-state index in [1.165, 1.54) is 30.4 Å². The Labute approximate surface area is 192 Å². The molecule has 1 aliphatic rings. The Morgan fingerprint density at radius 1 is 0.516 bits per heavy atom. The van der Waals surface area contributed by atoms with Crippen LogP contribution in [-0.4, -0.2) is 15.0 Å². The molecular weight excluding hydrogens is 442 g/mol. The lowest BCUT2D eigenvalue weighted by Gasteiger charge is -2.19.